The minimum absolute atomic E-state index is 0.0375. The third-order valence-corrected chi connectivity index (χ3v) is 6.16. The lowest BCUT2D eigenvalue weighted by Crippen LogP contribution is -2.52. The Morgan fingerprint density at radius 1 is 1.23 bits per heavy atom. The summed E-state index contributed by atoms with van der Waals surface area (Å²) in [6.45, 7) is 0.0389. The normalized spacial score (nSPS) is 16.5. The highest BCUT2D eigenvalue weighted by Gasteiger charge is 2.40. The molecule has 3 rings (SSSR count). The number of rotatable bonds is 4. The van der Waals surface area contributed by atoms with Gasteiger partial charge in [0.1, 0.15) is 4.88 Å². The number of halogens is 1. The first-order chi connectivity index (χ1) is 12.3. The molecule has 3 N–H and O–H groups in total. The molecule has 26 heavy (non-hydrogen) atoms. The molecule has 0 atom stereocenters. The number of carbonyl (C=O) groups is 3. The van der Waals surface area contributed by atoms with Crippen LogP contribution in [0.25, 0.3) is 10.1 Å². The van der Waals surface area contributed by atoms with Crippen LogP contribution in [-0.2, 0) is 9.59 Å². The van der Waals surface area contributed by atoms with Crippen molar-refractivity contribution in [1.29, 1.82) is 0 Å². The Morgan fingerprint density at radius 3 is 2.50 bits per heavy atom. The van der Waals surface area contributed by atoms with Crippen molar-refractivity contribution in [1.82, 2.24) is 10.2 Å². The van der Waals surface area contributed by atoms with Gasteiger partial charge in [0.25, 0.3) is 5.91 Å². The average molecular weight is 397 g/mol. The Kier molecular flexibility index (Phi) is 5.17. The molecule has 1 aromatic carbocycles. The number of carboxylic acid groups (broad SMARTS) is 1. The SMILES string of the molecule is O=C(NCC(=O)N1CCC(O)(C(=O)O)CC1)c1sc2ccccc2c1Cl. The predicted octanol–water partition coefficient (Wildman–Crippen LogP) is 1.72. The Balaban J connectivity index is 1.58. The second-order valence-electron chi connectivity index (χ2n) is 6.14. The topological polar surface area (TPSA) is 107 Å². The fourth-order valence-corrected chi connectivity index (χ4v) is 4.28. The van der Waals surface area contributed by atoms with Crippen LogP contribution >= 0.6 is 22.9 Å². The van der Waals surface area contributed by atoms with Crippen LogP contribution < -0.4 is 5.32 Å². The number of nitrogens with zero attached hydrogens (tertiary/aromatic N) is 1. The molecule has 7 nitrogen and oxygen atoms in total. The van der Waals surface area contributed by atoms with E-state index in [9.17, 15) is 19.5 Å². The zero-order chi connectivity index (χ0) is 18.9. The Bertz CT molecular complexity index is 873. The number of fused-ring (bicyclic) bond motifs is 1. The highest BCUT2D eigenvalue weighted by Crippen LogP contribution is 2.34. The van der Waals surface area contributed by atoms with Crippen molar-refractivity contribution in [2.24, 2.45) is 0 Å². The molecule has 0 spiro atoms. The fraction of sp³-hybridized carbons (Fsp3) is 0.353. The van der Waals surface area contributed by atoms with Crippen LogP contribution in [0.5, 0.6) is 0 Å². The number of thiophene rings is 1. The van der Waals surface area contributed by atoms with Crippen LogP contribution in [0.2, 0.25) is 5.02 Å². The van der Waals surface area contributed by atoms with Gasteiger partial charge in [-0.1, -0.05) is 29.8 Å². The first-order valence-corrected chi connectivity index (χ1v) is 9.20. The molecule has 1 saturated heterocycles. The van der Waals surface area contributed by atoms with Crippen LogP contribution in [0, 0.1) is 0 Å². The van der Waals surface area contributed by atoms with Gasteiger partial charge in [0.05, 0.1) is 11.6 Å². The molecule has 1 aliphatic rings. The number of benzene rings is 1. The van der Waals surface area contributed by atoms with Gasteiger partial charge < -0.3 is 20.4 Å². The molecular weight excluding hydrogens is 380 g/mol. The molecule has 0 radical (unpaired) electrons. The molecular formula is C17H17ClN2O5S. The largest absolute Gasteiger partial charge is 0.479 e. The quantitative estimate of drug-likeness (QED) is 0.729. The summed E-state index contributed by atoms with van der Waals surface area (Å²) in [6, 6.07) is 7.38. The van der Waals surface area contributed by atoms with Crippen molar-refractivity contribution in [2.75, 3.05) is 19.6 Å². The van der Waals surface area contributed by atoms with Crippen molar-refractivity contribution in [3.05, 3.63) is 34.2 Å². The van der Waals surface area contributed by atoms with Gasteiger partial charge in [-0.25, -0.2) is 4.79 Å². The van der Waals surface area contributed by atoms with E-state index in [4.69, 9.17) is 16.7 Å². The summed E-state index contributed by atoms with van der Waals surface area (Å²) >= 11 is 7.50. The number of carboxylic acids is 1. The lowest BCUT2D eigenvalue weighted by Gasteiger charge is -2.35. The van der Waals surface area contributed by atoms with E-state index < -0.39 is 17.5 Å². The molecule has 9 heteroatoms. The van der Waals surface area contributed by atoms with Gasteiger partial charge in [-0.2, -0.15) is 0 Å². The standard InChI is InChI=1S/C17H17ClN2O5S/c18-13-10-3-1-2-4-11(10)26-14(13)15(22)19-9-12(21)20-7-5-17(25,6-8-20)16(23)24/h1-4,25H,5-9H2,(H,19,22)(H,23,24). The summed E-state index contributed by atoms with van der Waals surface area (Å²) < 4.78 is 0.887. The first kappa shape index (κ1) is 18.6. The fourth-order valence-electron chi connectivity index (χ4n) is 2.85. The highest BCUT2D eigenvalue weighted by atomic mass is 35.5. The smallest absolute Gasteiger partial charge is 0.335 e. The van der Waals surface area contributed by atoms with Crippen LogP contribution in [0.4, 0.5) is 0 Å². The molecule has 2 heterocycles. The van der Waals surface area contributed by atoms with Gasteiger partial charge in [0.15, 0.2) is 5.60 Å². The zero-order valence-electron chi connectivity index (χ0n) is 13.7. The summed E-state index contributed by atoms with van der Waals surface area (Å²) in [5.74, 6) is -2.04. The second kappa shape index (κ2) is 7.22. The monoisotopic (exact) mass is 396 g/mol. The molecule has 1 fully saturated rings. The molecule has 2 amide bonds. The maximum atomic E-state index is 12.3. The number of piperidine rings is 1. The molecule has 1 aliphatic heterocycles. The van der Waals surface area contributed by atoms with E-state index in [0.717, 1.165) is 10.1 Å². The Labute approximate surface area is 158 Å². The molecule has 138 valence electrons. The van der Waals surface area contributed by atoms with Gasteiger partial charge in [0.2, 0.25) is 5.91 Å². The molecule has 0 unspecified atom stereocenters. The summed E-state index contributed by atoms with van der Waals surface area (Å²) in [4.78, 5) is 37.4. The van der Waals surface area contributed by atoms with Gasteiger partial charge in [-0.3, -0.25) is 9.59 Å². The molecule has 0 saturated carbocycles. The summed E-state index contributed by atoms with van der Waals surface area (Å²) in [7, 11) is 0. The second-order valence-corrected chi connectivity index (χ2v) is 7.57. The number of amides is 2. The third-order valence-electron chi connectivity index (χ3n) is 4.48. The van der Waals surface area contributed by atoms with Crippen molar-refractivity contribution >= 4 is 50.8 Å². The van der Waals surface area contributed by atoms with Crippen molar-refractivity contribution in [3.63, 3.8) is 0 Å². The maximum Gasteiger partial charge on any atom is 0.335 e. The van der Waals surface area contributed by atoms with E-state index in [2.05, 4.69) is 5.32 Å². The lowest BCUT2D eigenvalue weighted by molar-refractivity contribution is -0.165. The van der Waals surface area contributed by atoms with Crippen LogP contribution in [-0.4, -0.2) is 58.1 Å². The van der Waals surface area contributed by atoms with Crippen molar-refractivity contribution < 1.29 is 24.6 Å². The molecule has 0 aliphatic carbocycles. The Morgan fingerprint density at radius 2 is 1.88 bits per heavy atom. The van der Waals surface area contributed by atoms with E-state index >= 15 is 0 Å². The summed E-state index contributed by atoms with van der Waals surface area (Å²) in [6.07, 6.45) is -0.0751. The van der Waals surface area contributed by atoms with Gasteiger partial charge >= 0.3 is 5.97 Å². The number of likely N-dealkylation sites (tertiary alicyclic amines) is 1. The van der Waals surface area contributed by atoms with E-state index in [1.165, 1.54) is 16.2 Å². The highest BCUT2D eigenvalue weighted by molar-refractivity contribution is 7.21. The van der Waals surface area contributed by atoms with Gasteiger partial charge in [-0.05, 0) is 6.07 Å². The molecule has 1 aromatic heterocycles. The van der Waals surface area contributed by atoms with Crippen LogP contribution in [0.15, 0.2) is 24.3 Å². The average Bonchev–Trinajstić information content (AvgIpc) is 2.97. The van der Waals surface area contributed by atoms with Gasteiger partial charge in [0, 0.05) is 36.0 Å². The van der Waals surface area contributed by atoms with E-state index in [-0.39, 0.29) is 38.4 Å². The zero-order valence-corrected chi connectivity index (χ0v) is 15.3. The minimum atomic E-state index is -1.79. The van der Waals surface area contributed by atoms with E-state index in [1.807, 2.05) is 24.3 Å². The van der Waals surface area contributed by atoms with E-state index in [0.29, 0.717) is 9.90 Å². The molecule has 0 bridgehead atoms. The number of aliphatic carboxylic acids is 1. The Hall–Kier alpha value is -2.16. The van der Waals surface area contributed by atoms with Crippen molar-refractivity contribution in [3.8, 4) is 0 Å². The summed E-state index contributed by atoms with van der Waals surface area (Å²) in [5.41, 5.74) is -1.79. The number of nitrogens with one attached hydrogen (secondary N) is 1. The van der Waals surface area contributed by atoms with Crippen molar-refractivity contribution in [2.45, 2.75) is 18.4 Å². The van der Waals surface area contributed by atoms with Gasteiger partial charge in [-0.15, -0.1) is 11.3 Å². The first-order valence-electron chi connectivity index (χ1n) is 8.00. The maximum absolute atomic E-state index is 12.3. The number of hydrogen-bond donors (Lipinski definition) is 3. The lowest BCUT2D eigenvalue weighted by atomic mass is 9.91. The number of carbonyl (C=O) groups excluding carboxylic acids is 2. The predicted molar refractivity (Wildman–Crippen MR) is 97.6 cm³/mol. The van der Waals surface area contributed by atoms with Crippen LogP contribution in [0.3, 0.4) is 0 Å². The number of aliphatic hydroxyl groups is 1. The third kappa shape index (κ3) is 3.53. The van der Waals surface area contributed by atoms with E-state index in [1.54, 1.807) is 0 Å². The summed E-state index contributed by atoms with van der Waals surface area (Å²) in [5, 5.41) is 22.6. The number of hydrogen-bond acceptors (Lipinski definition) is 5. The molecule has 2 aromatic rings. The minimum Gasteiger partial charge on any atom is -0.479 e. The van der Waals surface area contributed by atoms with Crippen LogP contribution in [0.1, 0.15) is 22.5 Å².